The lowest BCUT2D eigenvalue weighted by Crippen LogP contribution is -2.20. The highest BCUT2D eigenvalue weighted by Crippen LogP contribution is 2.13. The van der Waals surface area contributed by atoms with Gasteiger partial charge < -0.3 is 4.74 Å². The van der Waals surface area contributed by atoms with Gasteiger partial charge in [-0.25, -0.2) is 10.9 Å². The summed E-state index contributed by atoms with van der Waals surface area (Å²) < 4.78 is 5.71. The summed E-state index contributed by atoms with van der Waals surface area (Å²) >= 11 is 0. The van der Waals surface area contributed by atoms with E-state index in [4.69, 9.17) is 4.74 Å². The molecule has 26 heavy (non-hydrogen) atoms. The summed E-state index contributed by atoms with van der Waals surface area (Å²) in [7, 11) is 0. The summed E-state index contributed by atoms with van der Waals surface area (Å²) in [5.41, 5.74) is 7.15. The van der Waals surface area contributed by atoms with E-state index >= 15 is 0 Å². The van der Waals surface area contributed by atoms with Gasteiger partial charge in [-0.2, -0.15) is 10.2 Å². The second-order valence-electron chi connectivity index (χ2n) is 5.70. The molecule has 0 saturated heterocycles. The minimum atomic E-state index is -0.320. The van der Waals surface area contributed by atoms with Crippen molar-refractivity contribution >= 4 is 23.7 Å². The Balaban J connectivity index is 1.44. The van der Waals surface area contributed by atoms with Crippen LogP contribution in [0.4, 0.5) is 0 Å². The van der Waals surface area contributed by atoms with Gasteiger partial charge in [0.25, 0.3) is 0 Å². The molecule has 2 aromatic rings. The monoisotopic (exact) mass is 350 g/mol. The zero-order valence-electron chi connectivity index (χ0n) is 14.0. The smallest absolute Gasteiger partial charge is 0.245 e. The maximum absolute atomic E-state index is 11.7. The Labute approximate surface area is 150 Å². The molecule has 7 nitrogen and oxygen atoms in total. The molecular formula is C19H18N4O3. The van der Waals surface area contributed by atoms with Gasteiger partial charge in [-0.1, -0.05) is 30.3 Å². The normalized spacial score (nSPS) is 13.4. The van der Waals surface area contributed by atoms with Crippen LogP contribution in [-0.2, 0) is 16.2 Å². The summed E-state index contributed by atoms with van der Waals surface area (Å²) in [6.45, 7) is 0.506. The standard InChI is InChI=1S/C19H18N4O3/c24-18(10-16-11-19(25)23-21-16)22-20-12-14-6-8-17(9-7-14)26-13-15-4-2-1-3-5-15/h1-9,12H,10-11,13H2,(H,22,24)(H,23,25)/b20-12+. The number of ether oxygens (including phenoxy) is 1. The van der Waals surface area contributed by atoms with Gasteiger partial charge in [0.1, 0.15) is 12.4 Å². The molecule has 0 spiro atoms. The van der Waals surface area contributed by atoms with Crippen LogP contribution in [0.25, 0.3) is 0 Å². The Bertz CT molecular complexity index is 830. The topological polar surface area (TPSA) is 92.2 Å². The molecule has 0 atom stereocenters. The van der Waals surface area contributed by atoms with Crippen LogP contribution in [0.1, 0.15) is 24.0 Å². The zero-order valence-corrected chi connectivity index (χ0v) is 14.0. The van der Waals surface area contributed by atoms with Gasteiger partial charge in [-0.3, -0.25) is 9.59 Å². The van der Waals surface area contributed by atoms with Crippen LogP contribution in [-0.4, -0.2) is 23.7 Å². The van der Waals surface area contributed by atoms with Crippen molar-refractivity contribution < 1.29 is 14.3 Å². The summed E-state index contributed by atoms with van der Waals surface area (Å²) in [4.78, 5) is 22.7. The average Bonchev–Trinajstić information content (AvgIpc) is 3.06. The summed E-state index contributed by atoms with van der Waals surface area (Å²) in [6.07, 6.45) is 1.74. The van der Waals surface area contributed by atoms with Crippen molar-refractivity contribution in [3.8, 4) is 5.75 Å². The fourth-order valence-electron chi connectivity index (χ4n) is 2.30. The molecule has 0 radical (unpaired) electrons. The van der Waals surface area contributed by atoms with Crippen LogP contribution in [0.5, 0.6) is 5.75 Å². The van der Waals surface area contributed by atoms with Gasteiger partial charge >= 0.3 is 0 Å². The first-order valence-electron chi connectivity index (χ1n) is 8.12. The maximum Gasteiger partial charge on any atom is 0.245 e. The third kappa shape index (κ3) is 5.27. The van der Waals surface area contributed by atoms with Crippen molar-refractivity contribution in [3.05, 3.63) is 65.7 Å². The molecule has 132 valence electrons. The Hall–Kier alpha value is -3.48. The van der Waals surface area contributed by atoms with Gasteiger partial charge in [0.2, 0.25) is 11.8 Å². The third-order valence-corrected chi connectivity index (χ3v) is 3.60. The van der Waals surface area contributed by atoms with Crippen LogP contribution in [0.3, 0.4) is 0 Å². The van der Waals surface area contributed by atoms with Crippen LogP contribution in [0.2, 0.25) is 0 Å². The fraction of sp³-hybridized carbons (Fsp3) is 0.158. The second kappa shape index (κ2) is 8.57. The molecule has 1 aliphatic rings. The number of hydrogen-bond acceptors (Lipinski definition) is 5. The number of hydrazone groups is 2. The number of carbonyl (C=O) groups excluding carboxylic acids is 2. The van der Waals surface area contributed by atoms with Crippen molar-refractivity contribution in [1.82, 2.24) is 10.9 Å². The van der Waals surface area contributed by atoms with E-state index in [1.165, 1.54) is 0 Å². The van der Waals surface area contributed by atoms with Crippen molar-refractivity contribution in [2.75, 3.05) is 0 Å². The number of amides is 2. The van der Waals surface area contributed by atoms with Gasteiger partial charge in [0.15, 0.2) is 0 Å². The Morgan fingerprint density at radius 2 is 1.96 bits per heavy atom. The maximum atomic E-state index is 11.7. The molecular weight excluding hydrogens is 332 g/mol. The van der Waals surface area contributed by atoms with Crippen LogP contribution >= 0.6 is 0 Å². The molecule has 7 heteroatoms. The Morgan fingerprint density at radius 1 is 1.19 bits per heavy atom. The molecule has 0 aliphatic carbocycles. The van der Waals surface area contributed by atoms with E-state index in [0.29, 0.717) is 12.3 Å². The van der Waals surface area contributed by atoms with E-state index in [2.05, 4.69) is 21.1 Å². The van der Waals surface area contributed by atoms with E-state index in [1.54, 1.807) is 6.21 Å². The van der Waals surface area contributed by atoms with Crippen LogP contribution < -0.4 is 15.6 Å². The molecule has 2 aromatic carbocycles. The highest BCUT2D eigenvalue weighted by Gasteiger charge is 2.16. The first kappa shape index (κ1) is 17.3. The van der Waals surface area contributed by atoms with E-state index in [-0.39, 0.29) is 24.7 Å². The fourth-order valence-corrected chi connectivity index (χ4v) is 2.30. The van der Waals surface area contributed by atoms with Crippen molar-refractivity contribution in [2.45, 2.75) is 19.4 Å². The number of benzene rings is 2. The summed E-state index contributed by atoms with van der Waals surface area (Å²) in [5.74, 6) is 0.233. The molecule has 0 aromatic heterocycles. The van der Waals surface area contributed by atoms with Gasteiger partial charge in [0.05, 0.1) is 24.8 Å². The highest BCUT2D eigenvalue weighted by molar-refractivity contribution is 6.11. The largest absolute Gasteiger partial charge is 0.489 e. The molecule has 3 rings (SSSR count). The second-order valence-corrected chi connectivity index (χ2v) is 5.70. The lowest BCUT2D eigenvalue weighted by molar-refractivity contribution is -0.119. The summed E-state index contributed by atoms with van der Waals surface area (Å²) in [6, 6.07) is 17.3. The average molecular weight is 350 g/mol. The minimum Gasteiger partial charge on any atom is -0.489 e. The molecule has 0 unspecified atom stereocenters. The van der Waals surface area contributed by atoms with E-state index in [9.17, 15) is 9.59 Å². The predicted molar refractivity (Wildman–Crippen MR) is 97.8 cm³/mol. The molecule has 0 bridgehead atoms. The molecule has 2 amide bonds. The number of hydrogen-bond donors (Lipinski definition) is 2. The first-order chi connectivity index (χ1) is 12.7. The third-order valence-electron chi connectivity index (χ3n) is 3.60. The Morgan fingerprint density at radius 3 is 2.65 bits per heavy atom. The lowest BCUT2D eigenvalue weighted by Gasteiger charge is -2.06. The van der Waals surface area contributed by atoms with E-state index in [1.807, 2.05) is 54.6 Å². The predicted octanol–water partition coefficient (Wildman–Crippen LogP) is 1.98. The SMILES string of the molecule is O=C1CC(CC(=O)N/N=C/c2ccc(OCc3ccccc3)cc2)=NN1. The molecule has 1 heterocycles. The Kier molecular flexibility index (Phi) is 5.72. The molecule has 2 N–H and O–H groups in total. The molecule has 1 aliphatic heterocycles. The molecule has 0 fully saturated rings. The van der Waals surface area contributed by atoms with E-state index < -0.39 is 0 Å². The summed E-state index contributed by atoms with van der Waals surface area (Å²) in [5, 5.41) is 7.66. The number of rotatable bonds is 7. The van der Waals surface area contributed by atoms with Gasteiger partial charge in [-0.15, -0.1) is 0 Å². The highest BCUT2D eigenvalue weighted by atomic mass is 16.5. The zero-order chi connectivity index (χ0) is 18.2. The number of nitrogens with zero attached hydrogens (tertiary/aromatic N) is 2. The number of carbonyl (C=O) groups is 2. The van der Waals surface area contributed by atoms with E-state index in [0.717, 1.165) is 16.9 Å². The van der Waals surface area contributed by atoms with Crippen LogP contribution in [0, 0.1) is 0 Å². The van der Waals surface area contributed by atoms with Crippen molar-refractivity contribution in [1.29, 1.82) is 0 Å². The first-order valence-corrected chi connectivity index (χ1v) is 8.12. The quantitative estimate of drug-likeness (QED) is 0.591. The van der Waals surface area contributed by atoms with Crippen molar-refractivity contribution in [3.63, 3.8) is 0 Å². The number of nitrogens with one attached hydrogen (secondary N) is 2. The van der Waals surface area contributed by atoms with Gasteiger partial charge in [0, 0.05) is 0 Å². The minimum absolute atomic E-state index is 0.0440. The van der Waals surface area contributed by atoms with Crippen molar-refractivity contribution in [2.24, 2.45) is 10.2 Å². The van der Waals surface area contributed by atoms with Crippen LogP contribution in [0.15, 0.2) is 64.8 Å². The lowest BCUT2D eigenvalue weighted by atomic mass is 10.2. The molecule has 0 saturated carbocycles. The van der Waals surface area contributed by atoms with Gasteiger partial charge in [-0.05, 0) is 35.4 Å².